The predicted octanol–water partition coefficient (Wildman–Crippen LogP) is 2.88. The van der Waals surface area contributed by atoms with E-state index in [9.17, 15) is 4.79 Å². The molecule has 0 saturated heterocycles. The topological polar surface area (TPSA) is 54.0 Å². The largest absolute Gasteiger partial charge is 0.325 e. The molecule has 2 rings (SSSR count). The number of aryl methyl sites for hydroxylation is 1. The molecule has 4 nitrogen and oxygen atoms in total. The van der Waals surface area contributed by atoms with Crippen LogP contribution in [0.3, 0.4) is 0 Å². The Balaban J connectivity index is 1.79. The second kappa shape index (κ2) is 7.17. The van der Waals surface area contributed by atoms with Gasteiger partial charge in [-0.1, -0.05) is 22.0 Å². The van der Waals surface area contributed by atoms with Crippen molar-refractivity contribution in [1.82, 2.24) is 10.3 Å². The highest BCUT2D eigenvalue weighted by Crippen LogP contribution is 2.19. The highest BCUT2D eigenvalue weighted by Gasteiger charge is 2.03. The molecule has 0 spiro atoms. The molecule has 0 saturated carbocycles. The van der Waals surface area contributed by atoms with Gasteiger partial charge in [0.15, 0.2) is 0 Å². The van der Waals surface area contributed by atoms with Gasteiger partial charge in [-0.05, 0) is 42.8 Å². The molecule has 1 amide bonds. The van der Waals surface area contributed by atoms with Crippen LogP contribution in [0.4, 0.5) is 5.69 Å². The maximum absolute atomic E-state index is 11.8. The van der Waals surface area contributed by atoms with Gasteiger partial charge >= 0.3 is 0 Å². The van der Waals surface area contributed by atoms with Gasteiger partial charge in [0.05, 0.1) is 12.2 Å². The molecule has 0 radical (unpaired) electrons. The van der Waals surface area contributed by atoms with Crippen molar-refractivity contribution in [3.63, 3.8) is 0 Å². The Labute approximate surface area is 126 Å². The number of aromatic nitrogens is 1. The van der Waals surface area contributed by atoms with Gasteiger partial charge in [-0.2, -0.15) is 0 Å². The lowest BCUT2D eigenvalue weighted by Gasteiger charge is -2.08. The number of rotatable bonds is 5. The minimum absolute atomic E-state index is 0.0670. The van der Waals surface area contributed by atoms with E-state index < -0.39 is 0 Å². The fraction of sp³-hybridized carbons (Fsp3) is 0.200. The monoisotopic (exact) mass is 333 g/mol. The van der Waals surface area contributed by atoms with Gasteiger partial charge in [0, 0.05) is 22.9 Å². The summed E-state index contributed by atoms with van der Waals surface area (Å²) in [5.41, 5.74) is 2.80. The van der Waals surface area contributed by atoms with Crippen molar-refractivity contribution in [3.8, 4) is 0 Å². The first-order chi connectivity index (χ1) is 9.65. The number of halogens is 1. The zero-order chi connectivity index (χ0) is 14.4. The minimum Gasteiger partial charge on any atom is -0.325 e. The average Bonchev–Trinajstić information content (AvgIpc) is 2.44. The van der Waals surface area contributed by atoms with Crippen LogP contribution < -0.4 is 10.6 Å². The van der Waals surface area contributed by atoms with E-state index in [1.54, 1.807) is 6.20 Å². The van der Waals surface area contributed by atoms with E-state index in [0.717, 1.165) is 21.4 Å². The van der Waals surface area contributed by atoms with Crippen LogP contribution in [0.5, 0.6) is 0 Å². The first-order valence-electron chi connectivity index (χ1n) is 6.32. The number of hydrogen-bond acceptors (Lipinski definition) is 3. The van der Waals surface area contributed by atoms with Gasteiger partial charge in [0.1, 0.15) is 0 Å². The first-order valence-corrected chi connectivity index (χ1v) is 7.11. The highest BCUT2D eigenvalue weighted by atomic mass is 79.9. The van der Waals surface area contributed by atoms with Gasteiger partial charge in [0.25, 0.3) is 0 Å². The number of pyridine rings is 1. The van der Waals surface area contributed by atoms with E-state index in [1.807, 2.05) is 43.3 Å². The maximum Gasteiger partial charge on any atom is 0.238 e. The zero-order valence-electron chi connectivity index (χ0n) is 11.2. The predicted molar refractivity (Wildman–Crippen MR) is 83.5 cm³/mol. The third-order valence-corrected chi connectivity index (χ3v) is 3.65. The van der Waals surface area contributed by atoms with Gasteiger partial charge < -0.3 is 10.6 Å². The van der Waals surface area contributed by atoms with Crippen molar-refractivity contribution in [2.24, 2.45) is 0 Å². The summed E-state index contributed by atoms with van der Waals surface area (Å²) < 4.78 is 1.03. The molecule has 0 aliphatic heterocycles. The fourth-order valence-corrected chi connectivity index (χ4v) is 1.98. The Morgan fingerprint density at radius 2 is 2.15 bits per heavy atom. The second-order valence-corrected chi connectivity index (χ2v) is 5.29. The van der Waals surface area contributed by atoms with E-state index in [-0.39, 0.29) is 12.5 Å². The van der Waals surface area contributed by atoms with Crippen molar-refractivity contribution in [2.75, 3.05) is 11.9 Å². The smallest absolute Gasteiger partial charge is 0.238 e. The molecule has 0 atom stereocenters. The highest BCUT2D eigenvalue weighted by molar-refractivity contribution is 9.10. The quantitative estimate of drug-likeness (QED) is 0.884. The Bertz CT molecular complexity index is 587. The Hall–Kier alpha value is -1.72. The number of hydrogen-bond donors (Lipinski definition) is 2. The van der Waals surface area contributed by atoms with Crippen LogP contribution in [-0.2, 0) is 11.3 Å². The molecule has 2 aromatic rings. The molecule has 1 heterocycles. The number of benzene rings is 1. The van der Waals surface area contributed by atoms with Gasteiger partial charge in [-0.15, -0.1) is 0 Å². The number of anilines is 1. The average molecular weight is 334 g/mol. The minimum atomic E-state index is -0.0670. The molecular formula is C15H16BrN3O. The molecule has 0 aliphatic carbocycles. The van der Waals surface area contributed by atoms with Gasteiger partial charge in [-0.25, -0.2) is 0 Å². The Kier molecular flexibility index (Phi) is 5.26. The Morgan fingerprint density at radius 3 is 2.85 bits per heavy atom. The third-order valence-electron chi connectivity index (χ3n) is 2.76. The van der Waals surface area contributed by atoms with Crippen molar-refractivity contribution >= 4 is 27.5 Å². The van der Waals surface area contributed by atoms with E-state index in [4.69, 9.17) is 0 Å². The van der Waals surface area contributed by atoms with Crippen molar-refractivity contribution < 1.29 is 4.79 Å². The molecule has 104 valence electrons. The lowest BCUT2D eigenvalue weighted by atomic mass is 10.2. The van der Waals surface area contributed by atoms with Crippen LogP contribution in [0.25, 0.3) is 0 Å². The molecule has 0 fully saturated rings. The normalized spacial score (nSPS) is 10.3. The van der Waals surface area contributed by atoms with Crippen LogP contribution in [0, 0.1) is 6.92 Å². The molecule has 20 heavy (non-hydrogen) atoms. The maximum atomic E-state index is 11.8. The summed E-state index contributed by atoms with van der Waals surface area (Å²) in [5, 5.41) is 5.92. The van der Waals surface area contributed by atoms with Crippen LogP contribution in [0.15, 0.2) is 47.1 Å². The molecule has 2 N–H and O–H groups in total. The van der Waals surface area contributed by atoms with Crippen molar-refractivity contribution in [2.45, 2.75) is 13.5 Å². The molecule has 0 bridgehead atoms. The van der Waals surface area contributed by atoms with Crippen LogP contribution in [0.1, 0.15) is 11.3 Å². The second-order valence-electron chi connectivity index (χ2n) is 4.44. The molecule has 5 heteroatoms. The van der Waals surface area contributed by atoms with Gasteiger partial charge in [0.2, 0.25) is 5.91 Å². The van der Waals surface area contributed by atoms with Crippen LogP contribution in [-0.4, -0.2) is 17.4 Å². The van der Waals surface area contributed by atoms with E-state index in [0.29, 0.717) is 6.54 Å². The SMILES string of the molecule is Cc1cc(NC(=O)CNCc2ccccn2)ccc1Br. The summed E-state index contributed by atoms with van der Waals surface area (Å²) in [7, 11) is 0. The summed E-state index contributed by atoms with van der Waals surface area (Å²) in [4.78, 5) is 16.0. The van der Waals surface area contributed by atoms with Crippen molar-refractivity contribution in [1.29, 1.82) is 0 Å². The number of amides is 1. The standard InChI is InChI=1S/C15H16BrN3O/c1-11-8-12(5-6-14(11)16)19-15(20)10-17-9-13-4-2-3-7-18-13/h2-8,17H,9-10H2,1H3,(H,19,20). The molecular weight excluding hydrogens is 318 g/mol. The number of carbonyl (C=O) groups is 1. The number of nitrogens with one attached hydrogen (secondary N) is 2. The van der Waals surface area contributed by atoms with E-state index in [1.165, 1.54) is 0 Å². The summed E-state index contributed by atoms with van der Waals surface area (Å²) in [6.45, 7) is 2.82. The first kappa shape index (κ1) is 14.7. The number of carbonyl (C=O) groups excluding carboxylic acids is 1. The molecule has 1 aromatic heterocycles. The van der Waals surface area contributed by atoms with Crippen molar-refractivity contribution in [3.05, 3.63) is 58.3 Å². The third kappa shape index (κ3) is 4.43. The lowest BCUT2D eigenvalue weighted by Crippen LogP contribution is -2.28. The summed E-state index contributed by atoms with van der Waals surface area (Å²) in [5.74, 6) is -0.0670. The summed E-state index contributed by atoms with van der Waals surface area (Å²) in [6, 6.07) is 11.4. The summed E-state index contributed by atoms with van der Waals surface area (Å²) in [6.07, 6.45) is 1.74. The van der Waals surface area contributed by atoms with Gasteiger partial charge in [-0.3, -0.25) is 9.78 Å². The lowest BCUT2D eigenvalue weighted by molar-refractivity contribution is -0.115. The van der Waals surface area contributed by atoms with E-state index in [2.05, 4.69) is 31.5 Å². The summed E-state index contributed by atoms with van der Waals surface area (Å²) >= 11 is 3.43. The van der Waals surface area contributed by atoms with E-state index >= 15 is 0 Å². The Morgan fingerprint density at radius 1 is 1.30 bits per heavy atom. The molecule has 0 aliphatic rings. The van der Waals surface area contributed by atoms with Crippen LogP contribution >= 0.6 is 15.9 Å². The molecule has 1 aromatic carbocycles. The fourth-order valence-electron chi connectivity index (χ4n) is 1.73. The number of nitrogens with zero attached hydrogens (tertiary/aromatic N) is 1. The zero-order valence-corrected chi connectivity index (χ0v) is 12.8. The molecule has 0 unspecified atom stereocenters. The van der Waals surface area contributed by atoms with Crippen LogP contribution in [0.2, 0.25) is 0 Å².